The Morgan fingerprint density at radius 2 is 1.82 bits per heavy atom. The first-order valence-corrected chi connectivity index (χ1v) is 11.2. The molecule has 1 aliphatic heterocycles. The van der Waals surface area contributed by atoms with Gasteiger partial charge in [-0.25, -0.2) is 9.97 Å². The van der Waals surface area contributed by atoms with Crippen LogP contribution in [0.4, 0.5) is 5.82 Å². The van der Waals surface area contributed by atoms with E-state index in [0.29, 0.717) is 26.3 Å². The van der Waals surface area contributed by atoms with Crippen molar-refractivity contribution in [2.45, 2.75) is 33.0 Å². The lowest BCUT2D eigenvalue weighted by molar-refractivity contribution is 0.170. The van der Waals surface area contributed by atoms with Gasteiger partial charge in [-0.05, 0) is 62.9 Å². The Hall–Kier alpha value is -3.58. The number of rotatable bonds is 7. The second-order valence-electron chi connectivity index (χ2n) is 8.37. The summed E-state index contributed by atoms with van der Waals surface area (Å²) >= 11 is 0. The highest BCUT2D eigenvalue weighted by Crippen LogP contribution is 2.34. The number of hydrogen-bond acceptors (Lipinski definition) is 7. The number of aromatic nitrogens is 2. The lowest BCUT2D eigenvalue weighted by Gasteiger charge is -2.26. The maximum atomic E-state index is 5.76. The van der Waals surface area contributed by atoms with E-state index in [9.17, 15) is 0 Å². The molecule has 170 valence electrons. The summed E-state index contributed by atoms with van der Waals surface area (Å²) in [7, 11) is 2.08. The van der Waals surface area contributed by atoms with Gasteiger partial charge in [-0.1, -0.05) is 18.2 Å². The third-order valence-corrected chi connectivity index (χ3v) is 5.98. The van der Waals surface area contributed by atoms with Crippen LogP contribution in [0.15, 0.2) is 59.0 Å². The molecule has 0 saturated heterocycles. The summed E-state index contributed by atoms with van der Waals surface area (Å²) in [6.07, 6.45) is 0. The van der Waals surface area contributed by atoms with E-state index < -0.39 is 0 Å². The van der Waals surface area contributed by atoms with E-state index in [1.165, 1.54) is 0 Å². The van der Waals surface area contributed by atoms with Crippen molar-refractivity contribution >= 4 is 16.7 Å². The van der Waals surface area contributed by atoms with Crippen molar-refractivity contribution < 1.29 is 13.9 Å². The van der Waals surface area contributed by atoms with Gasteiger partial charge in [-0.3, -0.25) is 4.90 Å². The van der Waals surface area contributed by atoms with Crippen LogP contribution in [0.1, 0.15) is 35.9 Å². The Morgan fingerprint density at radius 3 is 2.64 bits per heavy atom. The first-order valence-electron chi connectivity index (χ1n) is 11.2. The average Bonchev–Trinajstić information content (AvgIpc) is 3.26. The Morgan fingerprint density at radius 1 is 1.00 bits per heavy atom. The highest BCUT2D eigenvalue weighted by Gasteiger charge is 2.19. The SMILES string of the molecule is Cc1ccc(CNc2nc(CN(C)C(C)c3ccc4c(c3)OCCO4)nc3ccccc23)o1. The molecule has 0 bridgehead atoms. The minimum Gasteiger partial charge on any atom is -0.486 e. The van der Waals surface area contributed by atoms with Gasteiger partial charge in [-0.15, -0.1) is 0 Å². The van der Waals surface area contributed by atoms with E-state index >= 15 is 0 Å². The molecule has 2 aromatic heterocycles. The number of benzene rings is 2. The zero-order chi connectivity index (χ0) is 22.8. The van der Waals surface area contributed by atoms with E-state index in [1.807, 2.05) is 49.4 Å². The van der Waals surface area contributed by atoms with Crippen molar-refractivity contribution in [1.29, 1.82) is 0 Å². The lowest BCUT2D eigenvalue weighted by Crippen LogP contribution is -2.24. The number of para-hydroxylation sites is 1. The number of nitrogens with zero attached hydrogens (tertiary/aromatic N) is 3. The molecule has 2 aromatic carbocycles. The van der Waals surface area contributed by atoms with Crippen molar-refractivity contribution in [3.63, 3.8) is 0 Å². The minimum atomic E-state index is 0.151. The van der Waals surface area contributed by atoms with Crippen LogP contribution in [0, 0.1) is 6.92 Å². The van der Waals surface area contributed by atoms with Crippen LogP contribution >= 0.6 is 0 Å². The molecule has 1 aliphatic rings. The fourth-order valence-electron chi connectivity index (χ4n) is 4.02. The molecule has 33 heavy (non-hydrogen) atoms. The monoisotopic (exact) mass is 444 g/mol. The topological polar surface area (TPSA) is 72.7 Å². The van der Waals surface area contributed by atoms with Crippen molar-refractivity contribution in [2.75, 3.05) is 25.6 Å². The molecule has 7 nitrogen and oxygen atoms in total. The molecular formula is C26H28N4O3. The van der Waals surface area contributed by atoms with Crippen LogP contribution < -0.4 is 14.8 Å². The predicted molar refractivity (Wildman–Crippen MR) is 128 cm³/mol. The molecular weight excluding hydrogens is 416 g/mol. The quantitative estimate of drug-likeness (QED) is 0.425. The third-order valence-electron chi connectivity index (χ3n) is 5.98. The summed E-state index contributed by atoms with van der Waals surface area (Å²) < 4.78 is 17.1. The van der Waals surface area contributed by atoms with Crippen molar-refractivity contribution in [2.24, 2.45) is 0 Å². The Bertz CT molecular complexity index is 1270. The molecule has 4 aromatic rings. The number of furan rings is 1. The van der Waals surface area contributed by atoms with Gasteiger partial charge in [0.1, 0.15) is 36.4 Å². The van der Waals surface area contributed by atoms with Crippen molar-refractivity contribution in [3.05, 3.63) is 77.5 Å². The zero-order valence-corrected chi connectivity index (χ0v) is 19.2. The molecule has 1 N–H and O–H groups in total. The largest absolute Gasteiger partial charge is 0.486 e. The van der Waals surface area contributed by atoms with Gasteiger partial charge in [0.15, 0.2) is 11.5 Å². The second-order valence-corrected chi connectivity index (χ2v) is 8.37. The molecule has 7 heteroatoms. The molecule has 1 atom stereocenters. The number of ether oxygens (including phenoxy) is 2. The summed E-state index contributed by atoms with van der Waals surface area (Å²) in [4.78, 5) is 11.9. The third kappa shape index (κ3) is 4.64. The second kappa shape index (κ2) is 9.11. The summed E-state index contributed by atoms with van der Waals surface area (Å²) in [6.45, 7) is 6.47. The van der Waals surface area contributed by atoms with Gasteiger partial charge in [-0.2, -0.15) is 0 Å². The van der Waals surface area contributed by atoms with Crippen LogP contribution in [0.2, 0.25) is 0 Å². The minimum absolute atomic E-state index is 0.151. The van der Waals surface area contributed by atoms with Crippen LogP contribution in [-0.4, -0.2) is 35.1 Å². The fourth-order valence-corrected chi connectivity index (χ4v) is 4.02. The van der Waals surface area contributed by atoms with E-state index in [1.54, 1.807) is 0 Å². The first kappa shape index (κ1) is 21.3. The number of anilines is 1. The molecule has 0 radical (unpaired) electrons. The molecule has 0 spiro atoms. The van der Waals surface area contributed by atoms with Gasteiger partial charge in [0.2, 0.25) is 0 Å². The van der Waals surface area contributed by atoms with E-state index in [2.05, 4.69) is 36.3 Å². The van der Waals surface area contributed by atoms with E-state index in [4.69, 9.17) is 23.9 Å². The van der Waals surface area contributed by atoms with Gasteiger partial charge in [0.25, 0.3) is 0 Å². The summed E-state index contributed by atoms with van der Waals surface area (Å²) in [6, 6.07) is 18.3. The standard InChI is InChI=1S/C26H28N4O3/c1-17-8-10-20(33-17)15-27-26-21-6-4-5-7-22(21)28-25(29-26)16-30(3)18(2)19-9-11-23-24(14-19)32-13-12-31-23/h4-11,14,18H,12-13,15-16H2,1-3H3,(H,27,28,29). The summed E-state index contributed by atoms with van der Waals surface area (Å²) in [5, 5.41) is 4.42. The Balaban J connectivity index is 1.36. The van der Waals surface area contributed by atoms with Crippen LogP contribution in [0.25, 0.3) is 10.9 Å². The van der Waals surface area contributed by atoms with Crippen molar-refractivity contribution in [1.82, 2.24) is 14.9 Å². The highest BCUT2D eigenvalue weighted by atomic mass is 16.6. The molecule has 1 unspecified atom stereocenters. The number of hydrogen-bond donors (Lipinski definition) is 1. The number of nitrogens with one attached hydrogen (secondary N) is 1. The fraction of sp³-hybridized carbons (Fsp3) is 0.308. The smallest absolute Gasteiger partial charge is 0.161 e. The summed E-state index contributed by atoms with van der Waals surface area (Å²) in [5.74, 6) is 4.96. The molecule has 0 fully saturated rings. The van der Waals surface area contributed by atoms with Gasteiger partial charge in [0, 0.05) is 11.4 Å². The van der Waals surface area contributed by atoms with Gasteiger partial charge in [0.05, 0.1) is 18.6 Å². The van der Waals surface area contributed by atoms with E-state index in [0.717, 1.165) is 51.1 Å². The van der Waals surface area contributed by atoms with Crippen LogP contribution in [0.3, 0.4) is 0 Å². The average molecular weight is 445 g/mol. The molecule has 3 heterocycles. The molecule has 5 rings (SSSR count). The maximum Gasteiger partial charge on any atom is 0.161 e. The van der Waals surface area contributed by atoms with Gasteiger partial charge < -0.3 is 19.2 Å². The predicted octanol–water partition coefficient (Wildman–Crippen LogP) is 5.11. The number of fused-ring (bicyclic) bond motifs is 2. The summed E-state index contributed by atoms with van der Waals surface area (Å²) in [5.41, 5.74) is 2.08. The van der Waals surface area contributed by atoms with Crippen LogP contribution in [-0.2, 0) is 13.1 Å². The van der Waals surface area contributed by atoms with E-state index in [-0.39, 0.29) is 6.04 Å². The first-order chi connectivity index (χ1) is 16.1. The van der Waals surface area contributed by atoms with Crippen molar-refractivity contribution in [3.8, 4) is 11.5 Å². The van der Waals surface area contributed by atoms with Gasteiger partial charge >= 0.3 is 0 Å². The normalized spacial score (nSPS) is 13.9. The Kier molecular flexibility index (Phi) is 5.88. The molecule has 0 saturated carbocycles. The zero-order valence-electron chi connectivity index (χ0n) is 19.2. The Labute approximate surface area is 193 Å². The lowest BCUT2D eigenvalue weighted by atomic mass is 10.1. The molecule has 0 amide bonds. The van der Waals surface area contributed by atoms with Crippen LogP contribution in [0.5, 0.6) is 11.5 Å². The maximum absolute atomic E-state index is 5.76. The highest BCUT2D eigenvalue weighted by molar-refractivity contribution is 5.88. The number of aryl methyl sites for hydroxylation is 1. The molecule has 0 aliphatic carbocycles.